The number of rotatable bonds is 4. The molecule has 6 heteroatoms. The Hall–Kier alpha value is -2.42. The number of carboxylic acids is 1. The molecule has 88 valence electrons. The third-order valence-corrected chi connectivity index (χ3v) is 2.31. The number of hydrogen-bond acceptors (Lipinski definition) is 4. The molecule has 0 aliphatic rings. The molecule has 1 aromatic carbocycles. The van der Waals surface area contributed by atoms with E-state index in [4.69, 9.17) is 10.4 Å². The summed E-state index contributed by atoms with van der Waals surface area (Å²) in [6, 6.07) is 4.46. The van der Waals surface area contributed by atoms with E-state index >= 15 is 0 Å². The molecular weight excluding hydrogens is 224 g/mol. The van der Waals surface area contributed by atoms with E-state index in [9.17, 15) is 14.9 Å². The Morgan fingerprint density at radius 1 is 1.59 bits per heavy atom. The first kappa shape index (κ1) is 12.6. The summed E-state index contributed by atoms with van der Waals surface area (Å²) in [5.74, 6) is -1.09. The van der Waals surface area contributed by atoms with Gasteiger partial charge in [-0.05, 0) is 18.1 Å². The van der Waals surface area contributed by atoms with E-state index in [0.29, 0.717) is 12.0 Å². The van der Waals surface area contributed by atoms with Gasteiger partial charge in [0, 0.05) is 11.6 Å². The standard InChI is InChI=1S/C11H10N2O4/c1-2-9-8(6-12)3-7(5-11(14)15)4-10(9)13(16)17/h3-4H,2,5H2,1H3,(H,14,15). The first-order valence-corrected chi connectivity index (χ1v) is 4.91. The largest absolute Gasteiger partial charge is 0.481 e. The highest BCUT2D eigenvalue weighted by atomic mass is 16.6. The van der Waals surface area contributed by atoms with Gasteiger partial charge < -0.3 is 5.11 Å². The fraction of sp³-hybridized carbons (Fsp3) is 0.273. The van der Waals surface area contributed by atoms with Gasteiger partial charge in [-0.2, -0.15) is 5.26 Å². The monoisotopic (exact) mass is 234 g/mol. The maximum absolute atomic E-state index is 10.8. The van der Waals surface area contributed by atoms with Gasteiger partial charge in [0.1, 0.15) is 0 Å². The third kappa shape index (κ3) is 2.78. The Morgan fingerprint density at radius 3 is 2.65 bits per heavy atom. The van der Waals surface area contributed by atoms with Gasteiger partial charge in [0.05, 0.1) is 23.0 Å². The number of nitriles is 1. The Morgan fingerprint density at radius 2 is 2.24 bits per heavy atom. The molecule has 0 saturated heterocycles. The van der Waals surface area contributed by atoms with Gasteiger partial charge in [0.15, 0.2) is 0 Å². The van der Waals surface area contributed by atoms with Crippen molar-refractivity contribution in [2.24, 2.45) is 0 Å². The molecule has 0 bridgehead atoms. The maximum atomic E-state index is 10.8. The summed E-state index contributed by atoms with van der Waals surface area (Å²) in [4.78, 5) is 20.8. The number of nitro groups is 1. The molecule has 0 radical (unpaired) electrons. The maximum Gasteiger partial charge on any atom is 0.307 e. The van der Waals surface area contributed by atoms with Crippen molar-refractivity contribution >= 4 is 11.7 Å². The Labute approximate surface area is 97.3 Å². The van der Waals surface area contributed by atoms with Gasteiger partial charge in [-0.3, -0.25) is 14.9 Å². The van der Waals surface area contributed by atoms with E-state index in [1.54, 1.807) is 6.92 Å². The van der Waals surface area contributed by atoms with Crippen LogP contribution < -0.4 is 0 Å². The van der Waals surface area contributed by atoms with Crippen molar-refractivity contribution in [1.82, 2.24) is 0 Å². The summed E-state index contributed by atoms with van der Waals surface area (Å²) < 4.78 is 0. The van der Waals surface area contributed by atoms with E-state index in [1.807, 2.05) is 6.07 Å². The van der Waals surface area contributed by atoms with Crippen LogP contribution in [0, 0.1) is 21.4 Å². The topological polar surface area (TPSA) is 104 Å². The molecule has 1 N–H and O–H groups in total. The Bertz CT molecular complexity index is 517. The molecular formula is C11H10N2O4. The van der Waals surface area contributed by atoms with Gasteiger partial charge >= 0.3 is 5.97 Å². The second kappa shape index (κ2) is 5.07. The minimum Gasteiger partial charge on any atom is -0.481 e. The van der Waals surface area contributed by atoms with Crippen molar-refractivity contribution < 1.29 is 14.8 Å². The molecule has 0 aliphatic carbocycles. The van der Waals surface area contributed by atoms with E-state index in [1.165, 1.54) is 12.1 Å². The average molecular weight is 234 g/mol. The lowest BCUT2D eigenvalue weighted by atomic mass is 9.99. The van der Waals surface area contributed by atoms with Gasteiger partial charge in [-0.15, -0.1) is 0 Å². The van der Waals surface area contributed by atoms with Crippen molar-refractivity contribution in [2.45, 2.75) is 19.8 Å². The van der Waals surface area contributed by atoms with Crippen molar-refractivity contribution in [2.75, 3.05) is 0 Å². The minimum absolute atomic E-state index is 0.165. The SMILES string of the molecule is CCc1c(C#N)cc(CC(=O)O)cc1[N+](=O)[O-]. The van der Waals surface area contributed by atoms with Gasteiger partial charge in [0.25, 0.3) is 5.69 Å². The second-order valence-corrected chi connectivity index (χ2v) is 3.43. The fourth-order valence-electron chi connectivity index (χ4n) is 1.63. The Balaban J connectivity index is 3.41. The zero-order valence-electron chi connectivity index (χ0n) is 9.14. The quantitative estimate of drug-likeness (QED) is 0.630. The minimum atomic E-state index is -1.09. The normalized spacial score (nSPS) is 9.65. The van der Waals surface area contributed by atoms with Crippen LogP contribution in [0.5, 0.6) is 0 Å². The number of carbonyl (C=O) groups is 1. The van der Waals surface area contributed by atoms with Gasteiger partial charge in [0.2, 0.25) is 0 Å². The van der Waals surface area contributed by atoms with E-state index < -0.39 is 10.9 Å². The summed E-state index contributed by atoms with van der Waals surface area (Å²) in [5, 5.41) is 28.4. The molecule has 1 rings (SSSR count). The average Bonchev–Trinajstić information content (AvgIpc) is 2.26. The molecule has 1 aromatic rings. The van der Waals surface area contributed by atoms with Crippen LogP contribution in [0.2, 0.25) is 0 Å². The van der Waals surface area contributed by atoms with Gasteiger partial charge in [-0.25, -0.2) is 0 Å². The van der Waals surface area contributed by atoms with Crippen molar-refractivity contribution in [3.8, 4) is 6.07 Å². The number of aliphatic carboxylic acids is 1. The molecule has 0 saturated carbocycles. The first-order chi connectivity index (χ1) is 7.99. The lowest BCUT2D eigenvalue weighted by Crippen LogP contribution is -2.04. The molecule has 6 nitrogen and oxygen atoms in total. The number of nitrogens with zero attached hydrogens (tertiary/aromatic N) is 2. The van der Waals surface area contributed by atoms with Crippen molar-refractivity contribution in [1.29, 1.82) is 5.26 Å². The van der Waals surface area contributed by atoms with Crippen LogP contribution in [0.4, 0.5) is 5.69 Å². The number of benzene rings is 1. The lowest BCUT2D eigenvalue weighted by molar-refractivity contribution is -0.385. The number of hydrogen-bond donors (Lipinski definition) is 1. The van der Waals surface area contributed by atoms with Crippen molar-refractivity contribution in [3.05, 3.63) is 38.9 Å². The predicted octanol–water partition coefficient (Wildman–Crippen LogP) is 1.66. The molecule has 0 fully saturated rings. The molecule has 17 heavy (non-hydrogen) atoms. The van der Waals surface area contributed by atoms with Crippen LogP contribution in [0.15, 0.2) is 12.1 Å². The summed E-state index contributed by atoms with van der Waals surface area (Å²) in [5.41, 5.74) is 0.574. The van der Waals surface area contributed by atoms with Gasteiger partial charge in [-0.1, -0.05) is 6.92 Å². The zero-order chi connectivity index (χ0) is 13.0. The summed E-state index contributed by atoms with van der Waals surface area (Å²) in [7, 11) is 0. The molecule has 0 unspecified atom stereocenters. The van der Waals surface area contributed by atoms with E-state index in [-0.39, 0.29) is 23.2 Å². The Kier molecular flexibility index (Phi) is 3.78. The fourth-order valence-corrected chi connectivity index (χ4v) is 1.63. The lowest BCUT2D eigenvalue weighted by Gasteiger charge is -2.05. The molecule has 0 atom stereocenters. The van der Waals surface area contributed by atoms with Crippen LogP contribution in [-0.2, 0) is 17.6 Å². The van der Waals surface area contributed by atoms with Crippen LogP contribution in [0.3, 0.4) is 0 Å². The predicted molar refractivity (Wildman–Crippen MR) is 58.5 cm³/mol. The highest BCUT2D eigenvalue weighted by Crippen LogP contribution is 2.25. The van der Waals surface area contributed by atoms with Crippen LogP contribution in [0.1, 0.15) is 23.6 Å². The molecule has 0 aliphatic heterocycles. The highest BCUT2D eigenvalue weighted by molar-refractivity contribution is 5.71. The first-order valence-electron chi connectivity index (χ1n) is 4.91. The van der Waals surface area contributed by atoms with Crippen molar-refractivity contribution in [3.63, 3.8) is 0 Å². The van der Waals surface area contributed by atoms with Crippen LogP contribution in [-0.4, -0.2) is 16.0 Å². The number of nitro benzene ring substituents is 1. The molecule has 0 amide bonds. The molecule has 0 spiro atoms. The molecule has 0 heterocycles. The summed E-state index contributed by atoms with van der Waals surface area (Å²) in [6.45, 7) is 1.71. The van der Waals surface area contributed by atoms with E-state index in [0.717, 1.165) is 0 Å². The molecule has 0 aromatic heterocycles. The highest BCUT2D eigenvalue weighted by Gasteiger charge is 2.18. The zero-order valence-corrected chi connectivity index (χ0v) is 9.14. The number of carboxylic acid groups (broad SMARTS) is 1. The summed E-state index contributed by atoms with van der Waals surface area (Å²) >= 11 is 0. The van der Waals surface area contributed by atoms with E-state index in [2.05, 4.69) is 0 Å². The van der Waals surface area contributed by atoms with Crippen LogP contribution in [0.25, 0.3) is 0 Å². The summed E-state index contributed by atoms with van der Waals surface area (Å²) in [6.07, 6.45) is 0.0199. The third-order valence-electron chi connectivity index (χ3n) is 2.31. The second-order valence-electron chi connectivity index (χ2n) is 3.43. The van der Waals surface area contributed by atoms with Crippen LogP contribution >= 0.6 is 0 Å². The smallest absolute Gasteiger partial charge is 0.307 e.